The Morgan fingerprint density at radius 1 is 1.06 bits per heavy atom. The van der Waals surface area contributed by atoms with Gasteiger partial charge in [0.2, 0.25) is 0 Å². The van der Waals surface area contributed by atoms with Crippen LogP contribution in [-0.4, -0.2) is 19.9 Å². The zero-order chi connectivity index (χ0) is 12.5. The van der Waals surface area contributed by atoms with E-state index in [0.29, 0.717) is 9.66 Å². The highest BCUT2D eigenvalue weighted by Crippen LogP contribution is 2.20. The van der Waals surface area contributed by atoms with Crippen LogP contribution in [0.25, 0.3) is 22.3 Å². The van der Waals surface area contributed by atoms with E-state index in [4.69, 9.17) is 0 Å². The van der Waals surface area contributed by atoms with Crippen LogP contribution >= 0.6 is 22.6 Å². The molecule has 5 heteroatoms. The lowest BCUT2D eigenvalue weighted by Crippen LogP contribution is -1.98. The highest BCUT2D eigenvalue weighted by atomic mass is 127. The maximum absolute atomic E-state index is 4.36. The van der Waals surface area contributed by atoms with Crippen molar-refractivity contribution in [1.82, 2.24) is 19.9 Å². The molecule has 0 aliphatic rings. The number of aryl methyl sites for hydroxylation is 1. The van der Waals surface area contributed by atoms with Gasteiger partial charge in [0, 0.05) is 39.7 Å². The minimum atomic E-state index is 0.706. The molecule has 2 aromatic heterocycles. The summed E-state index contributed by atoms with van der Waals surface area (Å²) in [5.74, 6) is 1.44. The van der Waals surface area contributed by atoms with Crippen molar-refractivity contribution in [3.05, 3.63) is 46.2 Å². The molecule has 0 unspecified atom stereocenters. The molecule has 0 bridgehead atoms. The minimum absolute atomic E-state index is 0.706. The van der Waals surface area contributed by atoms with Crippen LogP contribution < -0.4 is 0 Å². The molecule has 0 amide bonds. The number of hydrogen-bond donors (Lipinski definition) is 0. The van der Waals surface area contributed by atoms with Crippen molar-refractivity contribution in [2.24, 2.45) is 0 Å². The van der Waals surface area contributed by atoms with Gasteiger partial charge in [0.25, 0.3) is 0 Å². The second-order valence-electron chi connectivity index (χ2n) is 3.89. The number of aromatic nitrogens is 4. The van der Waals surface area contributed by atoms with Gasteiger partial charge >= 0.3 is 0 Å². The van der Waals surface area contributed by atoms with E-state index in [1.54, 1.807) is 6.20 Å². The van der Waals surface area contributed by atoms with Crippen LogP contribution in [0.15, 0.2) is 36.5 Å². The summed E-state index contributed by atoms with van der Waals surface area (Å²) in [6.07, 6.45) is 1.79. The first kappa shape index (κ1) is 11.5. The van der Waals surface area contributed by atoms with Crippen LogP contribution in [0.1, 0.15) is 5.82 Å². The largest absolute Gasteiger partial charge is 0.256 e. The van der Waals surface area contributed by atoms with E-state index in [-0.39, 0.29) is 0 Å². The van der Waals surface area contributed by atoms with Crippen LogP contribution in [0.5, 0.6) is 0 Å². The Labute approximate surface area is 118 Å². The van der Waals surface area contributed by atoms with Gasteiger partial charge in [-0.2, -0.15) is 0 Å². The van der Waals surface area contributed by atoms with Gasteiger partial charge in [-0.1, -0.05) is 6.07 Å². The molecule has 3 rings (SSSR count). The van der Waals surface area contributed by atoms with Crippen molar-refractivity contribution < 1.29 is 0 Å². The predicted octanol–water partition coefficient (Wildman–Crippen LogP) is 3.00. The quantitative estimate of drug-likeness (QED) is 0.635. The number of pyridine rings is 1. The maximum Gasteiger partial charge on any atom is 0.194 e. The minimum Gasteiger partial charge on any atom is -0.256 e. The first-order chi connectivity index (χ1) is 8.72. The van der Waals surface area contributed by atoms with E-state index in [9.17, 15) is 0 Å². The summed E-state index contributed by atoms with van der Waals surface area (Å²) in [5.41, 5.74) is 1.96. The molecule has 0 aliphatic carbocycles. The molecule has 0 spiro atoms. The normalized spacial score (nSPS) is 10.8. The summed E-state index contributed by atoms with van der Waals surface area (Å²) in [5, 5.41) is 1.09. The molecular formula is C13H9IN4. The number of hydrogen-bond acceptors (Lipinski definition) is 4. The van der Waals surface area contributed by atoms with E-state index < -0.39 is 0 Å². The van der Waals surface area contributed by atoms with Gasteiger partial charge in [-0.3, -0.25) is 4.98 Å². The molecular weight excluding hydrogens is 339 g/mol. The van der Waals surface area contributed by atoms with Crippen molar-refractivity contribution in [2.75, 3.05) is 0 Å². The van der Waals surface area contributed by atoms with Crippen molar-refractivity contribution in [1.29, 1.82) is 0 Å². The Morgan fingerprint density at radius 3 is 2.78 bits per heavy atom. The molecule has 0 fully saturated rings. The molecule has 0 radical (unpaired) electrons. The molecule has 2 heterocycles. The van der Waals surface area contributed by atoms with E-state index in [2.05, 4.69) is 42.5 Å². The van der Waals surface area contributed by atoms with Gasteiger partial charge < -0.3 is 0 Å². The zero-order valence-electron chi connectivity index (χ0n) is 9.63. The van der Waals surface area contributed by atoms with Gasteiger partial charge in [0.15, 0.2) is 9.66 Å². The highest BCUT2D eigenvalue weighted by Gasteiger charge is 2.05. The van der Waals surface area contributed by atoms with Gasteiger partial charge in [-0.25, -0.2) is 15.0 Å². The fourth-order valence-electron chi connectivity index (χ4n) is 1.79. The lowest BCUT2D eigenvalue weighted by atomic mass is 10.1. The van der Waals surface area contributed by atoms with Gasteiger partial charge in [0.1, 0.15) is 5.82 Å². The predicted molar refractivity (Wildman–Crippen MR) is 78.0 cm³/mol. The summed E-state index contributed by atoms with van der Waals surface area (Å²) in [6, 6.07) is 9.98. The lowest BCUT2D eigenvalue weighted by molar-refractivity contribution is 0.950. The highest BCUT2D eigenvalue weighted by molar-refractivity contribution is 14.1. The Kier molecular flexibility index (Phi) is 2.91. The first-order valence-corrected chi connectivity index (χ1v) is 6.53. The number of nitrogens with zero attached hydrogens (tertiary/aromatic N) is 4. The van der Waals surface area contributed by atoms with Crippen molar-refractivity contribution >= 4 is 33.5 Å². The fraction of sp³-hybridized carbons (Fsp3) is 0.0769. The summed E-state index contributed by atoms with van der Waals surface area (Å²) in [6.45, 7) is 1.87. The molecule has 4 nitrogen and oxygen atoms in total. The molecule has 0 N–H and O–H groups in total. The zero-order valence-corrected chi connectivity index (χ0v) is 11.8. The Morgan fingerprint density at radius 2 is 1.94 bits per heavy atom. The molecule has 1 aromatic carbocycles. The average Bonchev–Trinajstić information content (AvgIpc) is 2.37. The molecule has 0 aliphatic heterocycles. The summed E-state index contributed by atoms with van der Waals surface area (Å²) in [7, 11) is 0. The van der Waals surface area contributed by atoms with E-state index in [1.807, 2.05) is 37.3 Å². The number of fused-ring (bicyclic) bond motifs is 1. The standard InChI is InChI=1S/C13H9IN4/c1-8-16-12(18-13(14)17-8)10-4-5-11-9(7-10)3-2-6-15-11/h2-7H,1H3. The number of rotatable bonds is 1. The van der Waals surface area contributed by atoms with Crippen molar-refractivity contribution in [3.8, 4) is 11.4 Å². The van der Waals surface area contributed by atoms with Gasteiger partial charge in [-0.15, -0.1) is 0 Å². The molecule has 0 saturated carbocycles. The Bertz CT molecular complexity index is 707. The number of benzene rings is 1. The van der Waals surface area contributed by atoms with Crippen LogP contribution in [0, 0.1) is 10.8 Å². The first-order valence-electron chi connectivity index (χ1n) is 5.46. The summed E-state index contributed by atoms with van der Waals surface area (Å²) < 4.78 is 0.710. The SMILES string of the molecule is Cc1nc(I)nc(-c2ccc3ncccc3c2)n1. The van der Waals surface area contributed by atoms with Crippen LogP contribution in [0.2, 0.25) is 0 Å². The number of halogens is 1. The molecule has 0 saturated heterocycles. The van der Waals surface area contributed by atoms with Crippen LogP contribution in [0.4, 0.5) is 0 Å². The topological polar surface area (TPSA) is 51.6 Å². The molecule has 0 atom stereocenters. The van der Waals surface area contributed by atoms with Gasteiger partial charge in [-0.05, 0) is 31.2 Å². The van der Waals surface area contributed by atoms with E-state index in [0.717, 1.165) is 22.3 Å². The second kappa shape index (κ2) is 4.56. The fourth-order valence-corrected chi connectivity index (χ4v) is 2.37. The average molecular weight is 348 g/mol. The summed E-state index contributed by atoms with van der Waals surface area (Å²) >= 11 is 2.10. The Balaban J connectivity index is 2.19. The van der Waals surface area contributed by atoms with Crippen molar-refractivity contribution in [3.63, 3.8) is 0 Å². The van der Waals surface area contributed by atoms with Crippen LogP contribution in [-0.2, 0) is 0 Å². The molecule has 88 valence electrons. The van der Waals surface area contributed by atoms with E-state index in [1.165, 1.54) is 0 Å². The maximum atomic E-state index is 4.36. The third-order valence-electron chi connectivity index (χ3n) is 2.58. The lowest BCUT2D eigenvalue weighted by Gasteiger charge is -2.03. The third-order valence-corrected chi connectivity index (χ3v) is 3.06. The monoisotopic (exact) mass is 348 g/mol. The third kappa shape index (κ3) is 2.17. The van der Waals surface area contributed by atoms with Crippen LogP contribution in [0.3, 0.4) is 0 Å². The smallest absolute Gasteiger partial charge is 0.194 e. The summed E-state index contributed by atoms with van der Waals surface area (Å²) in [4.78, 5) is 17.2. The van der Waals surface area contributed by atoms with Gasteiger partial charge in [0.05, 0.1) is 5.52 Å². The Hall–Kier alpha value is -1.63. The molecule has 3 aromatic rings. The van der Waals surface area contributed by atoms with Crippen molar-refractivity contribution in [2.45, 2.75) is 6.92 Å². The molecule has 18 heavy (non-hydrogen) atoms. The second-order valence-corrected chi connectivity index (χ2v) is 4.85. The van der Waals surface area contributed by atoms with E-state index >= 15 is 0 Å².